The molecule has 0 fully saturated rings. The molecule has 0 aliphatic carbocycles. The van der Waals surface area contributed by atoms with Crippen LogP contribution in [0.3, 0.4) is 0 Å². The molecule has 0 saturated carbocycles. The van der Waals surface area contributed by atoms with Gasteiger partial charge in [0.1, 0.15) is 11.8 Å². The van der Waals surface area contributed by atoms with E-state index in [0.29, 0.717) is 23.6 Å². The minimum atomic E-state index is -0.806. The van der Waals surface area contributed by atoms with Crippen LogP contribution < -0.4 is 14.8 Å². The summed E-state index contributed by atoms with van der Waals surface area (Å²) in [5, 5.41) is 13.4. The van der Waals surface area contributed by atoms with Gasteiger partial charge < -0.3 is 19.3 Å². The SMILES string of the molecule is CCOC(=O)C(NCc1ccccc1)c1cc2c(cc1O)OCO2. The van der Waals surface area contributed by atoms with Crippen LogP contribution in [0.15, 0.2) is 42.5 Å². The van der Waals surface area contributed by atoms with Crippen LogP contribution >= 0.6 is 0 Å². The molecule has 0 amide bonds. The van der Waals surface area contributed by atoms with E-state index in [9.17, 15) is 9.90 Å². The number of rotatable bonds is 6. The predicted octanol–water partition coefficient (Wildman–Crippen LogP) is 2.51. The first kappa shape index (κ1) is 16.1. The first-order valence-corrected chi connectivity index (χ1v) is 7.75. The zero-order chi connectivity index (χ0) is 16.9. The third-order valence-electron chi connectivity index (χ3n) is 3.71. The molecule has 6 nitrogen and oxygen atoms in total. The number of carbonyl (C=O) groups is 1. The number of phenols is 1. The average Bonchev–Trinajstić information content (AvgIpc) is 3.03. The Labute approximate surface area is 140 Å². The Kier molecular flexibility index (Phi) is 4.86. The van der Waals surface area contributed by atoms with Crippen molar-refractivity contribution in [1.29, 1.82) is 0 Å². The van der Waals surface area contributed by atoms with Crippen LogP contribution in [0.4, 0.5) is 0 Å². The number of hydrogen-bond acceptors (Lipinski definition) is 6. The Morgan fingerprint density at radius 3 is 2.67 bits per heavy atom. The molecule has 0 aromatic heterocycles. The van der Waals surface area contributed by atoms with E-state index in [1.54, 1.807) is 13.0 Å². The van der Waals surface area contributed by atoms with Crippen LogP contribution in [0.1, 0.15) is 24.1 Å². The van der Waals surface area contributed by atoms with Gasteiger partial charge in [0.15, 0.2) is 11.5 Å². The van der Waals surface area contributed by atoms with E-state index in [1.807, 2.05) is 30.3 Å². The van der Waals surface area contributed by atoms with Crippen molar-refractivity contribution in [2.24, 2.45) is 0 Å². The maximum Gasteiger partial charge on any atom is 0.327 e. The zero-order valence-corrected chi connectivity index (χ0v) is 13.3. The fraction of sp³-hybridized carbons (Fsp3) is 0.278. The fourth-order valence-electron chi connectivity index (χ4n) is 2.54. The molecule has 1 unspecified atom stereocenters. The van der Waals surface area contributed by atoms with Gasteiger partial charge in [0.25, 0.3) is 0 Å². The van der Waals surface area contributed by atoms with Crippen molar-refractivity contribution in [3.05, 3.63) is 53.6 Å². The van der Waals surface area contributed by atoms with Gasteiger partial charge in [-0.15, -0.1) is 0 Å². The maximum atomic E-state index is 12.3. The van der Waals surface area contributed by atoms with Gasteiger partial charge in [0, 0.05) is 18.2 Å². The lowest BCUT2D eigenvalue weighted by Gasteiger charge is -2.19. The number of fused-ring (bicyclic) bond motifs is 1. The van der Waals surface area contributed by atoms with Gasteiger partial charge in [-0.25, -0.2) is 4.79 Å². The van der Waals surface area contributed by atoms with Crippen LogP contribution in [-0.4, -0.2) is 24.5 Å². The van der Waals surface area contributed by atoms with Crippen LogP contribution in [-0.2, 0) is 16.1 Å². The van der Waals surface area contributed by atoms with Crippen LogP contribution in [0, 0.1) is 0 Å². The van der Waals surface area contributed by atoms with Crippen LogP contribution in [0.5, 0.6) is 17.2 Å². The molecular formula is C18H19NO5. The van der Waals surface area contributed by atoms with Crippen molar-refractivity contribution in [3.63, 3.8) is 0 Å². The van der Waals surface area contributed by atoms with Crippen molar-refractivity contribution >= 4 is 5.97 Å². The van der Waals surface area contributed by atoms with E-state index in [1.165, 1.54) is 6.07 Å². The maximum absolute atomic E-state index is 12.3. The number of carbonyl (C=O) groups excluding carboxylic acids is 1. The third-order valence-corrected chi connectivity index (χ3v) is 3.71. The topological polar surface area (TPSA) is 77.0 Å². The van der Waals surface area contributed by atoms with E-state index in [4.69, 9.17) is 14.2 Å². The first-order chi connectivity index (χ1) is 11.7. The Hall–Kier alpha value is -2.73. The minimum absolute atomic E-state index is 0.0436. The lowest BCUT2D eigenvalue weighted by Crippen LogP contribution is -2.30. The molecule has 1 aliphatic rings. The Balaban J connectivity index is 1.86. The van der Waals surface area contributed by atoms with Gasteiger partial charge in [-0.2, -0.15) is 0 Å². The number of phenolic OH excluding ortho intramolecular Hbond substituents is 1. The van der Waals surface area contributed by atoms with Crippen molar-refractivity contribution in [2.75, 3.05) is 13.4 Å². The molecular weight excluding hydrogens is 310 g/mol. The molecule has 6 heteroatoms. The lowest BCUT2D eigenvalue weighted by molar-refractivity contribution is -0.146. The third kappa shape index (κ3) is 3.44. The average molecular weight is 329 g/mol. The molecule has 1 heterocycles. The second-order valence-corrected chi connectivity index (χ2v) is 5.32. The second kappa shape index (κ2) is 7.23. The Morgan fingerprint density at radius 2 is 1.96 bits per heavy atom. The lowest BCUT2D eigenvalue weighted by atomic mass is 10.0. The molecule has 0 radical (unpaired) electrons. The molecule has 0 bridgehead atoms. The van der Waals surface area contributed by atoms with E-state index < -0.39 is 12.0 Å². The van der Waals surface area contributed by atoms with Crippen molar-refractivity contribution in [3.8, 4) is 17.2 Å². The molecule has 24 heavy (non-hydrogen) atoms. The largest absolute Gasteiger partial charge is 0.507 e. The quantitative estimate of drug-likeness (QED) is 0.793. The van der Waals surface area contributed by atoms with Crippen molar-refractivity contribution in [1.82, 2.24) is 5.32 Å². The summed E-state index contributed by atoms with van der Waals surface area (Å²) < 4.78 is 15.7. The number of esters is 1. The summed E-state index contributed by atoms with van der Waals surface area (Å²) >= 11 is 0. The Bertz CT molecular complexity index is 717. The smallest absolute Gasteiger partial charge is 0.327 e. The zero-order valence-electron chi connectivity index (χ0n) is 13.3. The van der Waals surface area contributed by atoms with Gasteiger partial charge in [0.2, 0.25) is 6.79 Å². The molecule has 0 saturated heterocycles. The molecule has 1 aliphatic heterocycles. The summed E-state index contributed by atoms with van der Waals surface area (Å²) in [4.78, 5) is 12.3. The van der Waals surface area contributed by atoms with Crippen LogP contribution in [0.2, 0.25) is 0 Å². The number of benzene rings is 2. The highest BCUT2D eigenvalue weighted by molar-refractivity contribution is 5.79. The summed E-state index contributed by atoms with van der Waals surface area (Å²) in [5.74, 6) is 0.459. The van der Waals surface area contributed by atoms with Gasteiger partial charge in [-0.3, -0.25) is 5.32 Å². The van der Waals surface area contributed by atoms with Crippen molar-refractivity contribution in [2.45, 2.75) is 19.5 Å². The first-order valence-electron chi connectivity index (χ1n) is 7.75. The highest BCUT2D eigenvalue weighted by Gasteiger charge is 2.28. The van der Waals surface area contributed by atoms with E-state index in [-0.39, 0.29) is 19.1 Å². The van der Waals surface area contributed by atoms with Gasteiger partial charge in [0.05, 0.1) is 6.61 Å². The molecule has 2 aromatic carbocycles. The van der Waals surface area contributed by atoms with Gasteiger partial charge in [-0.1, -0.05) is 30.3 Å². The molecule has 1 atom stereocenters. The standard InChI is InChI=1S/C18H19NO5/c1-2-22-18(21)17(19-10-12-6-4-3-5-7-12)13-8-15-16(9-14(13)20)24-11-23-15/h3-9,17,19-20H,2,10-11H2,1H3. The fourth-order valence-corrected chi connectivity index (χ4v) is 2.54. The summed E-state index contributed by atoms with van der Waals surface area (Å²) in [7, 11) is 0. The highest BCUT2D eigenvalue weighted by Crippen LogP contribution is 2.40. The van der Waals surface area contributed by atoms with Gasteiger partial charge >= 0.3 is 5.97 Å². The normalized spacial score (nSPS) is 13.5. The summed E-state index contributed by atoms with van der Waals surface area (Å²) in [6.45, 7) is 2.55. The second-order valence-electron chi connectivity index (χ2n) is 5.32. The van der Waals surface area contributed by atoms with E-state index in [0.717, 1.165) is 5.56 Å². The molecule has 2 N–H and O–H groups in total. The number of aromatic hydroxyl groups is 1. The number of nitrogens with one attached hydrogen (secondary N) is 1. The summed E-state index contributed by atoms with van der Waals surface area (Å²) in [5.41, 5.74) is 1.42. The van der Waals surface area contributed by atoms with E-state index >= 15 is 0 Å². The van der Waals surface area contributed by atoms with Gasteiger partial charge in [-0.05, 0) is 18.6 Å². The minimum Gasteiger partial charge on any atom is -0.507 e. The molecule has 3 rings (SSSR count). The molecule has 126 valence electrons. The number of hydrogen-bond donors (Lipinski definition) is 2. The monoisotopic (exact) mass is 329 g/mol. The van der Waals surface area contributed by atoms with Crippen molar-refractivity contribution < 1.29 is 24.1 Å². The number of ether oxygens (including phenoxy) is 3. The predicted molar refractivity (Wildman–Crippen MR) is 86.9 cm³/mol. The summed E-state index contributed by atoms with van der Waals surface area (Å²) in [6, 6.07) is 11.9. The Morgan fingerprint density at radius 1 is 1.25 bits per heavy atom. The highest BCUT2D eigenvalue weighted by atomic mass is 16.7. The van der Waals surface area contributed by atoms with Crippen LogP contribution in [0.25, 0.3) is 0 Å². The molecule has 0 spiro atoms. The van der Waals surface area contributed by atoms with E-state index in [2.05, 4.69) is 5.32 Å². The molecule has 2 aromatic rings. The summed E-state index contributed by atoms with van der Waals surface area (Å²) in [6.07, 6.45) is 0.